The van der Waals surface area contributed by atoms with E-state index in [9.17, 15) is 0 Å². The summed E-state index contributed by atoms with van der Waals surface area (Å²) in [6, 6.07) is 7.73. The molecule has 0 bridgehead atoms. The second-order valence-electron chi connectivity index (χ2n) is 5.14. The molecule has 1 atom stereocenters. The molecule has 1 fully saturated rings. The lowest BCUT2D eigenvalue weighted by molar-refractivity contribution is 0.0754. The molecule has 17 heavy (non-hydrogen) atoms. The summed E-state index contributed by atoms with van der Waals surface area (Å²) in [5.74, 6) is 0. The van der Waals surface area contributed by atoms with Crippen molar-refractivity contribution in [3.63, 3.8) is 0 Å². The van der Waals surface area contributed by atoms with Gasteiger partial charge in [0.2, 0.25) is 0 Å². The van der Waals surface area contributed by atoms with Crippen LogP contribution in [0.3, 0.4) is 0 Å². The SMILES string of the molecule is Cc1ccc(C)c(C(C)NC2CCOCC2)c1. The second kappa shape index (κ2) is 5.65. The highest BCUT2D eigenvalue weighted by Gasteiger charge is 2.17. The molecule has 2 nitrogen and oxygen atoms in total. The molecule has 0 aromatic heterocycles. The standard InChI is InChI=1S/C15H23NO/c1-11-4-5-12(2)15(10-11)13(3)16-14-6-8-17-9-7-14/h4-5,10,13-14,16H,6-9H2,1-3H3. The number of hydrogen-bond acceptors (Lipinski definition) is 2. The number of nitrogens with one attached hydrogen (secondary N) is 1. The van der Waals surface area contributed by atoms with Gasteiger partial charge in [-0.05, 0) is 44.7 Å². The van der Waals surface area contributed by atoms with Gasteiger partial charge in [-0.2, -0.15) is 0 Å². The van der Waals surface area contributed by atoms with Gasteiger partial charge in [-0.1, -0.05) is 23.8 Å². The van der Waals surface area contributed by atoms with Crippen LogP contribution in [0.15, 0.2) is 18.2 Å². The van der Waals surface area contributed by atoms with Gasteiger partial charge in [0.15, 0.2) is 0 Å². The van der Waals surface area contributed by atoms with Crippen molar-refractivity contribution in [2.75, 3.05) is 13.2 Å². The van der Waals surface area contributed by atoms with Crippen molar-refractivity contribution >= 4 is 0 Å². The van der Waals surface area contributed by atoms with E-state index in [1.807, 2.05) is 0 Å². The fourth-order valence-corrected chi connectivity index (χ4v) is 2.53. The molecule has 2 heteroatoms. The van der Waals surface area contributed by atoms with Gasteiger partial charge >= 0.3 is 0 Å². The van der Waals surface area contributed by atoms with E-state index in [0.29, 0.717) is 12.1 Å². The number of ether oxygens (including phenoxy) is 1. The molecule has 0 radical (unpaired) electrons. The zero-order valence-electron chi connectivity index (χ0n) is 11.1. The van der Waals surface area contributed by atoms with Crippen molar-refractivity contribution in [2.24, 2.45) is 0 Å². The van der Waals surface area contributed by atoms with Gasteiger partial charge < -0.3 is 10.1 Å². The molecule has 2 rings (SSSR count). The van der Waals surface area contributed by atoms with Crippen LogP contribution in [-0.4, -0.2) is 19.3 Å². The van der Waals surface area contributed by atoms with Crippen LogP contribution in [0.5, 0.6) is 0 Å². The normalized spacial score (nSPS) is 19.2. The Bertz CT molecular complexity index is 369. The van der Waals surface area contributed by atoms with Gasteiger partial charge in [-0.3, -0.25) is 0 Å². The minimum absolute atomic E-state index is 0.429. The Hall–Kier alpha value is -0.860. The molecule has 1 N–H and O–H groups in total. The summed E-state index contributed by atoms with van der Waals surface area (Å²) in [7, 11) is 0. The van der Waals surface area contributed by atoms with E-state index in [0.717, 1.165) is 26.1 Å². The Balaban J connectivity index is 2.02. The summed E-state index contributed by atoms with van der Waals surface area (Å²) in [6.07, 6.45) is 2.27. The summed E-state index contributed by atoms with van der Waals surface area (Å²) in [5.41, 5.74) is 4.14. The van der Waals surface area contributed by atoms with Gasteiger partial charge in [0.1, 0.15) is 0 Å². The minimum Gasteiger partial charge on any atom is -0.381 e. The predicted molar refractivity (Wildman–Crippen MR) is 71.3 cm³/mol. The van der Waals surface area contributed by atoms with Crippen molar-refractivity contribution in [1.29, 1.82) is 0 Å². The van der Waals surface area contributed by atoms with Crippen molar-refractivity contribution < 1.29 is 4.74 Å². The third-order valence-corrected chi connectivity index (χ3v) is 3.61. The zero-order chi connectivity index (χ0) is 12.3. The Morgan fingerprint density at radius 1 is 1.24 bits per heavy atom. The first-order chi connectivity index (χ1) is 8.16. The Kier molecular flexibility index (Phi) is 4.19. The summed E-state index contributed by atoms with van der Waals surface area (Å²) in [5, 5.41) is 3.72. The lowest BCUT2D eigenvalue weighted by Gasteiger charge is -2.27. The van der Waals surface area contributed by atoms with E-state index >= 15 is 0 Å². The Morgan fingerprint density at radius 3 is 2.65 bits per heavy atom. The highest BCUT2D eigenvalue weighted by molar-refractivity contribution is 5.32. The van der Waals surface area contributed by atoms with E-state index in [4.69, 9.17) is 4.74 Å². The third kappa shape index (κ3) is 3.30. The van der Waals surface area contributed by atoms with E-state index in [1.165, 1.54) is 16.7 Å². The van der Waals surface area contributed by atoms with Crippen molar-refractivity contribution in [3.05, 3.63) is 34.9 Å². The van der Waals surface area contributed by atoms with Gasteiger partial charge in [0, 0.05) is 25.3 Å². The van der Waals surface area contributed by atoms with E-state index in [2.05, 4.69) is 44.3 Å². The maximum atomic E-state index is 5.39. The molecule has 1 aliphatic rings. The number of hydrogen-bond donors (Lipinski definition) is 1. The minimum atomic E-state index is 0.429. The van der Waals surface area contributed by atoms with Gasteiger partial charge in [0.05, 0.1) is 0 Å². The molecular formula is C15H23NO. The molecule has 0 saturated carbocycles. The molecule has 0 amide bonds. The maximum Gasteiger partial charge on any atom is 0.0480 e. The second-order valence-corrected chi connectivity index (χ2v) is 5.14. The van der Waals surface area contributed by atoms with E-state index in [-0.39, 0.29) is 0 Å². The Labute approximate surface area is 104 Å². The van der Waals surface area contributed by atoms with Crippen molar-refractivity contribution in [2.45, 2.75) is 45.7 Å². The number of rotatable bonds is 3. The van der Waals surface area contributed by atoms with Crippen LogP contribution in [0.4, 0.5) is 0 Å². The lowest BCUT2D eigenvalue weighted by atomic mass is 9.98. The molecule has 94 valence electrons. The molecule has 1 aliphatic heterocycles. The lowest BCUT2D eigenvalue weighted by Crippen LogP contribution is -2.36. The van der Waals surface area contributed by atoms with Gasteiger partial charge in [-0.25, -0.2) is 0 Å². The molecule has 1 heterocycles. The first-order valence-electron chi connectivity index (χ1n) is 6.58. The monoisotopic (exact) mass is 233 g/mol. The van der Waals surface area contributed by atoms with Crippen LogP contribution in [0.2, 0.25) is 0 Å². The summed E-state index contributed by atoms with van der Waals surface area (Å²) in [6.45, 7) is 8.41. The maximum absolute atomic E-state index is 5.39. The Morgan fingerprint density at radius 2 is 1.94 bits per heavy atom. The summed E-state index contributed by atoms with van der Waals surface area (Å²) < 4.78 is 5.39. The van der Waals surface area contributed by atoms with E-state index < -0.39 is 0 Å². The molecular weight excluding hydrogens is 210 g/mol. The van der Waals surface area contributed by atoms with Crippen LogP contribution in [0.1, 0.15) is 42.5 Å². The smallest absolute Gasteiger partial charge is 0.0480 e. The van der Waals surface area contributed by atoms with Crippen molar-refractivity contribution in [1.82, 2.24) is 5.32 Å². The topological polar surface area (TPSA) is 21.3 Å². The van der Waals surface area contributed by atoms with Crippen LogP contribution in [0, 0.1) is 13.8 Å². The van der Waals surface area contributed by atoms with Crippen LogP contribution < -0.4 is 5.32 Å². The van der Waals surface area contributed by atoms with Crippen molar-refractivity contribution in [3.8, 4) is 0 Å². The van der Waals surface area contributed by atoms with E-state index in [1.54, 1.807) is 0 Å². The fraction of sp³-hybridized carbons (Fsp3) is 0.600. The number of aryl methyl sites for hydroxylation is 2. The third-order valence-electron chi connectivity index (χ3n) is 3.61. The van der Waals surface area contributed by atoms with Crippen LogP contribution >= 0.6 is 0 Å². The van der Waals surface area contributed by atoms with Gasteiger partial charge in [-0.15, -0.1) is 0 Å². The summed E-state index contributed by atoms with van der Waals surface area (Å²) in [4.78, 5) is 0. The highest BCUT2D eigenvalue weighted by atomic mass is 16.5. The molecule has 1 unspecified atom stereocenters. The van der Waals surface area contributed by atoms with Gasteiger partial charge in [0.25, 0.3) is 0 Å². The first-order valence-corrected chi connectivity index (χ1v) is 6.58. The fourth-order valence-electron chi connectivity index (χ4n) is 2.53. The number of benzene rings is 1. The molecule has 0 aliphatic carbocycles. The predicted octanol–water partition coefficient (Wildman–Crippen LogP) is 3.13. The largest absolute Gasteiger partial charge is 0.381 e. The average Bonchev–Trinajstić information content (AvgIpc) is 2.33. The summed E-state index contributed by atoms with van der Waals surface area (Å²) >= 11 is 0. The molecule has 1 saturated heterocycles. The van der Waals surface area contributed by atoms with Crippen LogP contribution in [0.25, 0.3) is 0 Å². The molecule has 0 spiro atoms. The molecule has 1 aromatic rings. The quantitative estimate of drug-likeness (QED) is 0.866. The first kappa shape index (κ1) is 12.6. The zero-order valence-corrected chi connectivity index (χ0v) is 11.1. The highest BCUT2D eigenvalue weighted by Crippen LogP contribution is 2.21. The average molecular weight is 233 g/mol. The molecule has 1 aromatic carbocycles. The van der Waals surface area contributed by atoms with Crippen LogP contribution in [-0.2, 0) is 4.74 Å².